The Kier molecular flexibility index (Phi) is 11.2. The van der Waals surface area contributed by atoms with Gasteiger partial charge in [0.25, 0.3) is 0 Å². The van der Waals surface area contributed by atoms with E-state index in [0.717, 1.165) is 45.2 Å². The number of carboxylic acids is 1. The Hall–Kier alpha value is -4.73. The third-order valence-electron chi connectivity index (χ3n) is 5.54. The van der Waals surface area contributed by atoms with Crippen LogP contribution in [-0.2, 0) is 17.5 Å². The summed E-state index contributed by atoms with van der Waals surface area (Å²) in [5.41, 5.74) is 11.8. The van der Waals surface area contributed by atoms with E-state index in [-0.39, 0.29) is 5.96 Å². The Balaban J connectivity index is 0.000000676. The molecular formula is C28H27F6N5O4S. The van der Waals surface area contributed by atoms with Crippen molar-refractivity contribution in [3.63, 3.8) is 0 Å². The number of benzene rings is 3. The molecule has 236 valence electrons. The molecule has 0 aliphatic rings. The Bertz CT molecular complexity index is 1550. The highest BCUT2D eigenvalue weighted by Gasteiger charge is 2.38. The van der Waals surface area contributed by atoms with Crippen LogP contribution in [0.5, 0.6) is 17.2 Å². The van der Waals surface area contributed by atoms with E-state index in [2.05, 4.69) is 4.99 Å². The summed E-state index contributed by atoms with van der Waals surface area (Å²) in [5.74, 6) is -1.05. The van der Waals surface area contributed by atoms with Crippen molar-refractivity contribution in [1.29, 1.82) is 0 Å². The van der Waals surface area contributed by atoms with E-state index in [1.54, 1.807) is 6.07 Å². The molecule has 44 heavy (non-hydrogen) atoms. The van der Waals surface area contributed by atoms with Crippen molar-refractivity contribution < 1.29 is 45.7 Å². The first-order valence-corrected chi connectivity index (χ1v) is 13.5. The van der Waals surface area contributed by atoms with Crippen LogP contribution in [0, 0.1) is 0 Å². The first-order valence-electron chi connectivity index (χ1n) is 12.7. The number of hydrogen-bond donors (Lipinski definition) is 3. The summed E-state index contributed by atoms with van der Waals surface area (Å²) in [6.07, 6.45) is -8.74. The van der Waals surface area contributed by atoms with Crippen LogP contribution in [-0.4, -0.2) is 48.4 Å². The lowest BCUT2D eigenvalue weighted by Gasteiger charge is -2.16. The van der Waals surface area contributed by atoms with Gasteiger partial charge in [0.05, 0.1) is 22.4 Å². The molecule has 0 saturated heterocycles. The molecule has 1 heterocycles. The molecule has 4 aromatic rings. The van der Waals surface area contributed by atoms with Crippen molar-refractivity contribution in [2.24, 2.45) is 16.5 Å². The van der Waals surface area contributed by atoms with Gasteiger partial charge < -0.3 is 30.9 Å². The zero-order valence-electron chi connectivity index (χ0n) is 23.0. The van der Waals surface area contributed by atoms with Gasteiger partial charge in [-0.05, 0) is 54.1 Å². The quantitative estimate of drug-likeness (QED) is 0.0780. The van der Waals surface area contributed by atoms with Crippen LogP contribution in [0.3, 0.4) is 0 Å². The SMILES string of the molecule is CN(Cc1ccc(OCCCN=C(N)N)cc1)c1nc2ccc(Oc3ccc(C(F)(F)F)cc3)cc2s1.O=C(O)C(F)(F)F. The van der Waals surface area contributed by atoms with E-state index in [1.165, 1.54) is 23.5 Å². The zero-order valence-corrected chi connectivity index (χ0v) is 23.8. The predicted molar refractivity (Wildman–Crippen MR) is 154 cm³/mol. The van der Waals surface area contributed by atoms with Crippen molar-refractivity contribution in [3.8, 4) is 17.2 Å². The minimum absolute atomic E-state index is 0.0773. The molecule has 0 fully saturated rings. The van der Waals surface area contributed by atoms with Crippen LogP contribution in [0.1, 0.15) is 17.5 Å². The number of nitrogens with zero attached hydrogens (tertiary/aromatic N) is 3. The number of carboxylic acid groups (broad SMARTS) is 1. The van der Waals surface area contributed by atoms with Gasteiger partial charge in [0.2, 0.25) is 0 Å². The van der Waals surface area contributed by atoms with Crippen LogP contribution < -0.4 is 25.8 Å². The van der Waals surface area contributed by atoms with Gasteiger partial charge in [0, 0.05) is 32.6 Å². The van der Waals surface area contributed by atoms with Gasteiger partial charge in [-0.3, -0.25) is 4.99 Å². The Morgan fingerprint density at radius 1 is 0.955 bits per heavy atom. The fourth-order valence-electron chi connectivity index (χ4n) is 3.46. The number of fused-ring (bicyclic) bond motifs is 1. The van der Waals surface area contributed by atoms with Gasteiger partial charge in [-0.25, -0.2) is 9.78 Å². The summed E-state index contributed by atoms with van der Waals surface area (Å²) in [6.45, 7) is 1.70. The molecule has 1 aromatic heterocycles. The summed E-state index contributed by atoms with van der Waals surface area (Å²) in [4.78, 5) is 19.6. The number of ether oxygens (including phenoxy) is 2. The van der Waals surface area contributed by atoms with Gasteiger partial charge in [-0.2, -0.15) is 26.3 Å². The minimum atomic E-state index is -5.08. The Morgan fingerprint density at radius 2 is 1.55 bits per heavy atom. The summed E-state index contributed by atoms with van der Waals surface area (Å²) >= 11 is 1.51. The van der Waals surface area contributed by atoms with Gasteiger partial charge in [-0.1, -0.05) is 23.5 Å². The zero-order chi connectivity index (χ0) is 32.5. The first kappa shape index (κ1) is 33.8. The minimum Gasteiger partial charge on any atom is -0.494 e. The van der Waals surface area contributed by atoms with E-state index in [0.29, 0.717) is 31.2 Å². The summed E-state index contributed by atoms with van der Waals surface area (Å²) in [5, 5.41) is 7.96. The van der Waals surface area contributed by atoms with Crippen LogP contribution in [0.15, 0.2) is 71.7 Å². The highest BCUT2D eigenvalue weighted by Crippen LogP contribution is 2.34. The first-order chi connectivity index (χ1) is 20.6. The van der Waals surface area contributed by atoms with Crippen molar-refractivity contribution in [1.82, 2.24) is 4.98 Å². The largest absolute Gasteiger partial charge is 0.494 e. The Labute approximate surface area is 251 Å². The van der Waals surface area contributed by atoms with Crippen molar-refractivity contribution >= 4 is 38.6 Å². The topological polar surface area (TPSA) is 136 Å². The van der Waals surface area contributed by atoms with Crippen LogP contribution in [0.25, 0.3) is 10.2 Å². The lowest BCUT2D eigenvalue weighted by molar-refractivity contribution is -0.192. The molecule has 4 rings (SSSR count). The predicted octanol–water partition coefficient (Wildman–Crippen LogP) is 6.42. The molecule has 0 aliphatic carbocycles. The standard InChI is InChI=1S/C26H26F3N5O2S.C2HF3O2/c1-34(16-17-3-7-19(8-4-17)35-14-2-13-32-24(30)31)25-33-22-12-11-21(15-23(22)37-25)36-20-9-5-18(6-10-20)26(27,28)29;3-2(4,5)1(6)7/h3-12,15H,2,13-14,16H2,1H3,(H4,30,31,32);(H,6,7). The molecule has 0 atom stereocenters. The second-order valence-corrected chi connectivity index (χ2v) is 10.1. The summed E-state index contributed by atoms with van der Waals surface area (Å²) in [7, 11) is 1.96. The molecule has 0 aliphatic heterocycles. The fraction of sp³-hybridized carbons (Fsp3) is 0.250. The van der Waals surface area contributed by atoms with Gasteiger partial charge in [0.15, 0.2) is 11.1 Å². The lowest BCUT2D eigenvalue weighted by Crippen LogP contribution is -2.23. The van der Waals surface area contributed by atoms with Crippen LogP contribution in [0.2, 0.25) is 0 Å². The molecule has 9 nitrogen and oxygen atoms in total. The van der Waals surface area contributed by atoms with E-state index < -0.39 is 23.9 Å². The second kappa shape index (κ2) is 14.6. The smallest absolute Gasteiger partial charge is 0.490 e. The average Bonchev–Trinajstić information content (AvgIpc) is 3.37. The molecule has 3 aromatic carbocycles. The number of thiazole rings is 1. The molecule has 0 unspecified atom stereocenters. The number of guanidine groups is 1. The normalized spacial score (nSPS) is 11.3. The monoisotopic (exact) mass is 643 g/mol. The molecule has 0 spiro atoms. The number of rotatable bonds is 10. The van der Waals surface area contributed by atoms with E-state index in [1.807, 2.05) is 48.3 Å². The number of halogens is 6. The van der Waals surface area contributed by atoms with Crippen LogP contribution in [0.4, 0.5) is 31.5 Å². The van der Waals surface area contributed by atoms with E-state index in [9.17, 15) is 26.3 Å². The maximum Gasteiger partial charge on any atom is 0.490 e. The average molecular weight is 644 g/mol. The molecule has 0 saturated carbocycles. The Morgan fingerprint density at radius 3 is 2.11 bits per heavy atom. The maximum absolute atomic E-state index is 12.8. The summed E-state index contributed by atoms with van der Waals surface area (Å²) in [6, 6.07) is 17.9. The molecule has 5 N–H and O–H groups in total. The number of hydrogen-bond acceptors (Lipinski definition) is 7. The number of nitrogens with two attached hydrogens (primary N) is 2. The molecule has 16 heteroatoms. The second-order valence-electron chi connectivity index (χ2n) is 9.06. The van der Waals surface area contributed by atoms with Gasteiger partial charge in [-0.15, -0.1) is 0 Å². The van der Waals surface area contributed by atoms with E-state index >= 15 is 0 Å². The van der Waals surface area contributed by atoms with Crippen molar-refractivity contribution in [2.45, 2.75) is 25.3 Å². The van der Waals surface area contributed by atoms with Crippen LogP contribution >= 0.6 is 11.3 Å². The number of aromatic nitrogens is 1. The van der Waals surface area contributed by atoms with Gasteiger partial charge >= 0.3 is 18.3 Å². The molecule has 0 radical (unpaired) electrons. The number of aliphatic carboxylic acids is 1. The third-order valence-corrected chi connectivity index (χ3v) is 6.68. The number of aliphatic imine (C=N–C) groups is 1. The van der Waals surface area contributed by atoms with Crippen molar-refractivity contribution in [2.75, 3.05) is 25.1 Å². The molecule has 0 bridgehead atoms. The third kappa shape index (κ3) is 10.5. The van der Waals surface area contributed by atoms with Crippen molar-refractivity contribution in [3.05, 3.63) is 77.9 Å². The number of anilines is 1. The molecule has 0 amide bonds. The number of carbonyl (C=O) groups is 1. The highest BCUT2D eigenvalue weighted by atomic mass is 32.1. The maximum atomic E-state index is 12.8. The number of alkyl halides is 6. The highest BCUT2D eigenvalue weighted by molar-refractivity contribution is 7.22. The molecular weight excluding hydrogens is 616 g/mol. The van der Waals surface area contributed by atoms with Gasteiger partial charge in [0.1, 0.15) is 17.2 Å². The lowest BCUT2D eigenvalue weighted by atomic mass is 10.2. The van der Waals surface area contributed by atoms with E-state index in [4.69, 9.17) is 35.8 Å². The summed E-state index contributed by atoms with van der Waals surface area (Å²) < 4.78 is 82.4. The fourth-order valence-corrected chi connectivity index (χ4v) is 4.42.